The number of carbonyl (C=O) groups is 1. The molecule has 90 valence electrons. The van der Waals surface area contributed by atoms with Crippen LogP contribution in [-0.2, 0) is 6.54 Å². The molecule has 1 heterocycles. The van der Waals surface area contributed by atoms with Gasteiger partial charge >= 0.3 is 12.2 Å². The highest BCUT2D eigenvalue weighted by molar-refractivity contribution is 5.73. The monoisotopic (exact) mass is 235 g/mol. The molecule has 0 fully saturated rings. The van der Waals surface area contributed by atoms with Crippen molar-refractivity contribution >= 4 is 6.03 Å². The fraction of sp³-hybridized carbons (Fsp3) is 0.444. The van der Waals surface area contributed by atoms with Gasteiger partial charge in [-0.2, -0.15) is 13.2 Å². The summed E-state index contributed by atoms with van der Waals surface area (Å²) in [5.41, 5.74) is 0. The number of carbonyl (C=O) groups excluding carboxylic acids is 1. The van der Waals surface area contributed by atoms with Gasteiger partial charge in [0.25, 0.3) is 0 Å². The number of hydrogen-bond donors (Lipinski definition) is 2. The highest BCUT2D eigenvalue weighted by Crippen LogP contribution is 2.11. The van der Waals surface area contributed by atoms with Gasteiger partial charge in [0.05, 0.1) is 0 Å². The highest BCUT2D eigenvalue weighted by atomic mass is 19.4. The SMILES string of the molecule is O=C(NCCn1cccc1)NCC(F)(F)F. The Kier molecular flexibility index (Phi) is 4.21. The van der Waals surface area contributed by atoms with Crippen LogP contribution >= 0.6 is 0 Å². The maximum atomic E-state index is 11.7. The number of hydrogen-bond acceptors (Lipinski definition) is 1. The van der Waals surface area contributed by atoms with Crippen molar-refractivity contribution in [3.63, 3.8) is 0 Å². The van der Waals surface area contributed by atoms with Gasteiger partial charge in [0.2, 0.25) is 0 Å². The molecule has 0 aliphatic carbocycles. The predicted molar refractivity (Wildman–Crippen MR) is 51.9 cm³/mol. The Morgan fingerprint density at radius 3 is 2.38 bits per heavy atom. The standard InChI is InChI=1S/C9H12F3N3O/c10-9(11,12)7-14-8(16)13-3-6-15-4-1-2-5-15/h1-2,4-5H,3,6-7H2,(H2,13,14,16). The van der Waals surface area contributed by atoms with Crippen LogP contribution in [-0.4, -0.2) is 29.9 Å². The van der Waals surface area contributed by atoms with E-state index in [2.05, 4.69) is 5.32 Å². The molecule has 1 rings (SSSR count). The van der Waals surface area contributed by atoms with Gasteiger partial charge in [-0.3, -0.25) is 0 Å². The van der Waals surface area contributed by atoms with Gasteiger partial charge in [-0.05, 0) is 12.1 Å². The minimum atomic E-state index is -4.38. The lowest BCUT2D eigenvalue weighted by molar-refractivity contribution is -0.122. The first-order chi connectivity index (χ1) is 7.47. The van der Waals surface area contributed by atoms with E-state index in [-0.39, 0.29) is 6.54 Å². The molecular weight excluding hydrogens is 223 g/mol. The van der Waals surface area contributed by atoms with Crippen LogP contribution in [0.3, 0.4) is 0 Å². The van der Waals surface area contributed by atoms with Crippen molar-refractivity contribution in [2.75, 3.05) is 13.1 Å². The summed E-state index contributed by atoms with van der Waals surface area (Å²) in [6.07, 6.45) is -0.775. The third-order valence-electron chi connectivity index (χ3n) is 1.77. The van der Waals surface area contributed by atoms with Crippen molar-refractivity contribution in [2.45, 2.75) is 12.7 Å². The number of alkyl halides is 3. The van der Waals surface area contributed by atoms with Gasteiger partial charge in [-0.15, -0.1) is 0 Å². The number of nitrogens with one attached hydrogen (secondary N) is 2. The molecule has 1 aromatic rings. The van der Waals surface area contributed by atoms with Crippen molar-refractivity contribution in [3.8, 4) is 0 Å². The molecule has 1 aromatic heterocycles. The van der Waals surface area contributed by atoms with Crippen LogP contribution in [0, 0.1) is 0 Å². The van der Waals surface area contributed by atoms with E-state index >= 15 is 0 Å². The van der Waals surface area contributed by atoms with Crippen LogP contribution in [0.25, 0.3) is 0 Å². The molecule has 2 N–H and O–H groups in total. The molecule has 0 bridgehead atoms. The average molecular weight is 235 g/mol. The van der Waals surface area contributed by atoms with Crippen LogP contribution in [0.1, 0.15) is 0 Å². The largest absolute Gasteiger partial charge is 0.405 e. The van der Waals surface area contributed by atoms with Crippen molar-refractivity contribution in [3.05, 3.63) is 24.5 Å². The third-order valence-corrected chi connectivity index (χ3v) is 1.77. The molecule has 0 spiro atoms. The molecule has 0 unspecified atom stereocenters. The molecule has 16 heavy (non-hydrogen) atoms. The van der Waals surface area contributed by atoms with Crippen molar-refractivity contribution < 1.29 is 18.0 Å². The second kappa shape index (κ2) is 5.43. The molecule has 7 heteroatoms. The Labute approximate surface area is 90.4 Å². The van der Waals surface area contributed by atoms with Crippen LogP contribution in [0.2, 0.25) is 0 Å². The van der Waals surface area contributed by atoms with Crippen LogP contribution in [0.15, 0.2) is 24.5 Å². The van der Waals surface area contributed by atoms with E-state index in [0.717, 1.165) is 0 Å². The van der Waals surface area contributed by atoms with E-state index in [4.69, 9.17) is 0 Å². The van der Waals surface area contributed by atoms with E-state index < -0.39 is 18.8 Å². The lowest BCUT2D eigenvalue weighted by Gasteiger charge is -2.09. The Morgan fingerprint density at radius 1 is 1.19 bits per heavy atom. The lowest BCUT2D eigenvalue weighted by Crippen LogP contribution is -2.41. The number of rotatable bonds is 4. The Hall–Kier alpha value is -1.66. The summed E-state index contributed by atoms with van der Waals surface area (Å²) in [4.78, 5) is 10.9. The number of nitrogens with zero attached hydrogens (tertiary/aromatic N) is 1. The second-order valence-corrected chi connectivity index (χ2v) is 3.15. The molecule has 0 aromatic carbocycles. The summed E-state index contributed by atoms with van der Waals surface area (Å²) in [5, 5.41) is 4.04. The van der Waals surface area contributed by atoms with Gasteiger partial charge < -0.3 is 15.2 Å². The summed E-state index contributed by atoms with van der Waals surface area (Å²) in [6.45, 7) is -0.521. The van der Waals surface area contributed by atoms with Gasteiger partial charge in [-0.25, -0.2) is 4.79 Å². The van der Waals surface area contributed by atoms with Gasteiger partial charge in [-0.1, -0.05) is 0 Å². The molecule has 0 aliphatic heterocycles. The maximum Gasteiger partial charge on any atom is 0.405 e. The molecule has 2 amide bonds. The Morgan fingerprint density at radius 2 is 1.81 bits per heavy atom. The van der Waals surface area contributed by atoms with E-state index in [1.165, 1.54) is 0 Å². The topological polar surface area (TPSA) is 46.1 Å². The van der Waals surface area contributed by atoms with Crippen LogP contribution < -0.4 is 10.6 Å². The smallest absolute Gasteiger partial charge is 0.353 e. The molecule has 0 saturated carbocycles. The third kappa shape index (κ3) is 5.28. The molecular formula is C9H12F3N3O. The number of halogens is 3. The van der Waals surface area contributed by atoms with Gasteiger partial charge in [0.15, 0.2) is 0 Å². The molecule has 4 nitrogen and oxygen atoms in total. The zero-order valence-electron chi connectivity index (χ0n) is 8.42. The minimum Gasteiger partial charge on any atom is -0.353 e. The predicted octanol–water partition coefficient (Wildman–Crippen LogP) is 1.35. The summed E-state index contributed by atoms with van der Waals surface area (Å²) in [7, 11) is 0. The van der Waals surface area contributed by atoms with Crippen molar-refractivity contribution in [1.82, 2.24) is 15.2 Å². The normalized spacial score (nSPS) is 11.2. The molecule has 0 aliphatic rings. The molecule has 0 radical (unpaired) electrons. The summed E-state index contributed by atoms with van der Waals surface area (Å²) in [5.74, 6) is 0. The van der Waals surface area contributed by atoms with Gasteiger partial charge in [0.1, 0.15) is 6.54 Å². The first kappa shape index (κ1) is 12.4. The quantitative estimate of drug-likeness (QED) is 0.813. The first-order valence-corrected chi connectivity index (χ1v) is 4.66. The number of aromatic nitrogens is 1. The van der Waals surface area contributed by atoms with E-state index in [1.54, 1.807) is 17.7 Å². The fourth-order valence-corrected chi connectivity index (χ4v) is 1.06. The minimum absolute atomic E-state index is 0.276. The fourth-order valence-electron chi connectivity index (χ4n) is 1.06. The van der Waals surface area contributed by atoms with E-state index in [9.17, 15) is 18.0 Å². The van der Waals surface area contributed by atoms with E-state index in [1.807, 2.05) is 16.7 Å². The Balaban J connectivity index is 2.11. The average Bonchev–Trinajstić information content (AvgIpc) is 2.66. The molecule has 0 atom stereocenters. The van der Waals surface area contributed by atoms with Crippen molar-refractivity contribution in [1.29, 1.82) is 0 Å². The number of amides is 2. The second-order valence-electron chi connectivity index (χ2n) is 3.15. The first-order valence-electron chi connectivity index (χ1n) is 4.66. The van der Waals surface area contributed by atoms with Crippen molar-refractivity contribution in [2.24, 2.45) is 0 Å². The zero-order valence-corrected chi connectivity index (χ0v) is 8.42. The maximum absolute atomic E-state index is 11.7. The molecule has 0 saturated heterocycles. The highest BCUT2D eigenvalue weighted by Gasteiger charge is 2.27. The zero-order chi connectivity index (χ0) is 12.0. The summed E-state index contributed by atoms with van der Waals surface area (Å²) in [6, 6.07) is 2.83. The van der Waals surface area contributed by atoms with Gasteiger partial charge in [0, 0.05) is 25.5 Å². The number of urea groups is 1. The summed E-state index contributed by atoms with van der Waals surface area (Å²) < 4.78 is 37.0. The Bertz CT molecular complexity index is 321. The lowest BCUT2D eigenvalue weighted by atomic mass is 10.6. The van der Waals surface area contributed by atoms with E-state index in [0.29, 0.717) is 6.54 Å². The summed E-state index contributed by atoms with van der Waals surface area (Å²) >= 11 is 0. The van der Waals surface area contributed by atoms with Crippen LogP contribution in [0.4, 0.5) is 18.0 Å². The van der Waals surface area contributed by atoms with Crippen LogP contribution in [0.5, 0.6) is 0 Å².